The molecular weight excluding hydrogens is 389 g/mol. The van der Waals surface area contributed by atoms with Crippen molar-refractivity contribution in [3.63, 3.8) is 0 Å². The number of anilines is 3. The Bertz CT molecular complexity index is 1110. The van der Waals surface area contributed by atoms with Gasteiger partial charge in [-0.15, -0.1) is 11.3 Å². The first-order valence-corrected chi connectivity index (χ1v) is 10.1. The number of benzene rings is 1. The molecule has 9 heteroatoms. The van der Waals surface area contributed by atoms with Crippen LogP contribution in [0.5, 0.6) is 0 Å². The van der Waals surface area contributed by atoms with Crippen LogP contribution in [0.15, 0.2) is 48.9 Å². The molecule has 1 aliphatic heterocycles. The van der Waals surface area contributed by atoms with Crippen LogP contribution in [-0.4, -0.2) is 38.2 Å². The number of H-pyrrole nitrogens is 1. The number of fused-ring (bicyclic) bond motifs is 3. The highest BCUT2D eigenvalue weighted by Gasteiger charge is 2.25. The maximum absolute atomic E-state index is 13.0. The normalized spacial score (nSPS) is 12.9. The Balaban J connectivity index is 1.37. The van der Waals surface area contributed by atoms with Crippen molar-refractivity contribution >= 4 is 28.2 Å². The Morgan fingerprint density at radius 2 is 1.97 bits per heavy atom. The topological polar surface area (TPSA) is 82.6 Å². The number of aromatic amines is 1. The predicted molar refractivity (Wildman–Crippen MR) is 111 cm³/mol. The molecule has 0 saturated heterocycles. The molecule has 146 valence electrons. The van der Waals surface area contributed by atoms with Crippen molar-refractivity contribution in [3.05, 3.63) is 65.2 Å². The van der Waals surface area contributed by atoms with Crippen molar-refractivity contribution in [2.75, 3.05) is 23.3 Å². The van der Waals surface area contributed by atoms with Crippen molar-refractivity contribution in [2.24, 2.45) is 0 Å². The smallest absolute Gasteiger partial charge is 0.229 e. The molecule has 0 saturated carbocycles. The standard InChI is InChI=1S/C20H18FN7S/c21-14-10-22-19(23-11-14)26-20-25-17-15-12-24-27-18(15)28(9-7-16(17)29-20)8-6-13-4-2-1-3-5-13/h1-5,10-12H,6-9H2,(H,24,27)(H,22,23,25,26). The zero-order chi connectivity index (χ0) is 19.6. The van der Waals surface area contributed by atoms with Gasteiger partial charge in [0.15, 0.2) is 10.9 Å². The number of nitrogens with zero attached hydrogens (tertiary/aromatic N) is 5. The van der Waals surface area contributed by atoms with E-state index in [-0.39, 0.29) is 0 Å². The van der Waals surface area contributed by atoms with E-state index in [1.807, 2.05) is 12.3 Å². The van der Waals surface area contributed by atoms with Crippen LogP contribution in [0.2, 0.25) is 0 Å². The summed E-state index contributed by atoms with van der Waals surface area (Å²) in [6.07, 6.45) is 5.94. The van der Waals surface area contributed by atoms with Crippen molar-refractivity contribution in [1.82, 2.24) is 25.1 Å². The van der Waals surface area contributed by atoms with Gasteiger partial charge in [-0.2, -0.15) is 5.10 Å². The van der Waals surface area contributed by atoms with Gasteiger partial charge in [0, 0.05) is 24.4 Å². The number of rotatable bonds is 5. The lowest BCUT2D eigenvalue weighted by Gasteiger charge is -2.22. The third kappa shape index (κ3) is 3.68. The summed E-state index contributed by atoms with van der Waals surface area (Å²) in [5, 5.41) is 11.2. The zero-order valence-electron chi connectivity index (χ0n) is 15.5. The molecule has 3 aromatic heterocycles. The monoisotopic (exact) mass is 407 g/mol. The lowest BCUT2D eigenvalue weighted by molar-refractivity contribution is 0.614. The van der Waals surface area contributed by atoms with E-state index >= 15 is 0 Å². The molecule has 0 spiro atoms. The van der Waals surface area contributed by atoms with Crippen LogP contribution in [-0.2, 0) is 12.8 Å². The summed E-state index contributed by atoms with van der Waals surface area (Å²) in [7, 11) is 0. The molecule has 2 N–H and O–H groups in total. The van der Waals surface area contributed by atoms with E-state index in [1.54, 1.807) is 11.3 Å². The average molecular weight is 407 g/mol. The van der Waals surface area contributed by atoms with Gasteiger partial charge in [-0.05, 0) is 12.0 Å². The minimum atomic E-state index is -0.468. The Hall–Kier alpha value is -3.33. The molecule has 0 fully saturated rings. The van der Waals surface area contributed by atoms with Gasteiger partial charge in [-0.3, -0.25) is 5.10 Å². The highest BCUT2D eigenvalue weighted by Crippen LogP contribution is 2.39. The van der Waals surface area contributed by atoms with Crippen LogP contribution in [0.25, 0.3) is 11.3 Å². The maximum atomic E-state index is 13.0. The van der Waals surface area contributed by atoms with Crippen LogP contribution in [0, 0.1) is 5.82 Å². The van der Waals surface area contributed by atoms with Gasteiger partial charge < -0.3 is 10.2 Å². The van der Waals surface area contributed by atoms with Crippen molar-refractivity contribution < 1.29 is 4.39 Å². The third-order valence-corrected chi connectivity index (χ3v) is 5.88. The average Bonchev–Trinajstić information content (AvgIpc) is 3.35. The minimum absolute atomic E-state index is 0.326. The second kappa shape index (κ2) is 7.59. The molecule has 4 aromatic rings. The van der Waals surface area contributed by atoms with E-state index in [4.69, 9.17) is 4.98 Å². The van der Waals surface area contributed by atoms with Crippen molar-refractivity contribution in [3.8, 4) is 11.3 Å². The Labute approximate surface area is 170 Å². The molecule has 0 bridgehead atoms. The minimum Gasteiger partial charge on any atom is -0.356 e. The Morgan fingerprint density at radius 1 is 1.14 bits per heavy atom. The van der Waals surface area contributed by atoms with E-state index in [1.165, 1.54) is 10.4 Å². The Morgan fingerprint density at radius 3 is 2.79 bits per heavy atom. The maximum Gasteiger partial charge on any atom is 0.229 e. The van der Waals surface area contributed by atoms with Crippen LogP contribution in [0.3, 0.4) is 0 Å². The first-order valence-electron chi connectivity index (χ1n) is 9.33. The van der Waals surface area contributed by atoms with Crippen LogP contribution < -0.4 is 10.2 Å². The first-order chi connectivity index (χ1) is 14.3. The summed E-state index contributed by atoms with van der Waals surface area (Å²) >= 11 is 1.57. The number of hydrogen-bond acceptors (Lipinski definition) is 7. The van der Waals surface area contributed by atoms with Gasteiger partial charge >= 0.3 is 0 Å². The summed E-state index contributed by atoms with van der Waals surface area (Å²) in [4.78, 5) is 16.1. The zero-order valence-corrected chi connectivity index (χ0v) is 16.3. The fourth-order valence-electron chi connectivity index (χ4n) is 3.43. The summed E-state index contributed by atoms with van der Waals surface area (Å²) < 4.78 is 13.0. The van der Waals surface area contributed by atoms with E-state index in [9.17, 15) is 4.39 Å². The fourth-order valence-corrected chi connectivity index (χ4v) is 4.39. The van der Waals surface area contributed by atoms with Gasteiger partial charge in [0.2, 0.25) is 5.95 Å². The number of halogens is 1. The molecule has 0 unspecified atom stereocenters. The van der Waals surface area contributed by atoms with E-state index < -0.39 is 5.82 Å². The van der Waals surface area contributed by atoms with Gasteiger partial charge in [0.1, 0.15) is 5.82 Å². The summed E-state index contributed by atoms with van der Waals surface area (Å²) in [5.74, 6) is 0.853. The number of hydrogen-bond donors (Lipinski definition) is 2. The van der Waals surface area contributed by atoms with Crippen molar-refractivity contribution in [1.29, 1.82) is 0 Å². The molecule has 0 atom stereocenters. The molecule has 0 aliphatic carbocycles. The Kier molecular flexibility index (Phi) is 4.65. The molecule has 5 rings (SSSR count). The van der Waals surface area contributed by atoms with E-state index in [0.29, 0.717) is 11.1 Å². The van der Waals surface area contributed by atoms with Gasteiger partial charge in [-0.25, -0.2) is 19.3 Å². The quantitative estimate of drug-likeness (QED) is 0.524. The fraction of sp³-hybridized carbons (Fsp3) is 0.200. The van der Waals surface area contributed by atoms with Gasteiger partial charge in [-0.1, -0.05) is 30.3 Å². The molecule has 29 heavy (non-hydrogen) atoms. The second-order valence-corrected chi connectivity index (χ2v) is 7.83. The first kappa shape index (κ1) is 17.7. The molecule has 7 nitrogen and oxygen atoms in total. The van der Waals surface area contributed by atoms with Crippen molar-refractivity contribution in [2.45, 2.75) is 12.8 Å². The lowest BCUT2D eigenvalue weighted by Crippen LogP contribution is -2.28. The third-order valence-electron chi connectivity index (χ3n) is 4.85. The molecule has 4 heterocycles. The van der Waals surface area contributed by atoms with Gasteiger partial charge in [0.05, 0.1) is 29.8 Å². The van der Waals surface area contributed by atoms with Crippen LogP contribution in [0.4, 0.5) is 21.3 Å². The largest absolute Gasteiger partial charge is 0.356 e. The molecular formula is C20H18FN7S. The number of nitrogens with one attached hydrogen (secondary N) is 2. The number of aromatic nitrogens is 5. The highest BCUT2D eigenvalue weighted by molar-refractivity contribution is 7.16. The summed E-state index contributed by atoms with van der Waals surface area (Å²) in [5.41, 5.74) is 3.23. The molecule has 0 radical (unpaired) electrons. The van der Waals surface area contributed by atoms with Crippen LogP contribution >= 0.6 is 11.3 Å². The number of thiazole rings is 1. The predicted octanol–water partition coefficient (Wildman–Crippen LogP) is 3.81. The SMILES string of the molecule is Fc1cnc(Nc2nc3c(s2)CCN(CCc2ccccc2)c2[nH]ncc2-3)nc1. The van der Waals surface area contributed by atoms with Gasteiger partial charge in [0.25, 0.3) is 0 Å². The highest BCUT2D eigenvalue weighted by atomic mass is 32.1. The lowest BCUT2D eigenvalue weighted by atomic mass is 10.1. The summed E-state index contributed by atoms with van der Waals surface area (Å²) in [6.45, 7) is 1.78. The molecule has 0 amide bonds. The van der Waals surface area contributed by atoms with E-state index in [0.717, 1.165) is 55.4 Å². The summed E-state index contributed by atoms with van der Waals surface area (Å²) in [6, 6.07) is 10.5. The molecule has 1 aromatic carbocycles. The molecule has 1 aliphatic rings. The second-order valence-electron chi connectivity index (χ2n) is 6.75. The van der Waals surface area contributed by atoms with Crippen LogP contribution in [0.1, 0.15) is 10.4 Å². The van der Waals surface area contributed by atoms with E-state index in [2.05, 4.69) is 54.6 Å².